The highest BCUT2D eigenvalue weighted by Crippen LogP contribution is 2.36. The maximum Gasteiger partial charge on any atom is 0.239 e. The minimum Gasteiger partial charge on any atom is -0.280 e. The van der Waals surface area contributed by atoms with Crippen LogP contribution in [-0.2, 0) is 4.79 Å². The third kappa shape index (κ3) is 3.35. The normalized spacial score (nSPS) is 12.1. The highest BCUT2D eigenvalue weighted by atomic mass is 35.5. The summed E-state index contributed by atoms with van der Waals surface area (Å²) >= 11 is 7.14. The van der Waals surface area contributed by atoms with E-state index in [2.05, 4.69) is 0 Å². The Morgan fingerprint density at radius 1 is 0.941 bits per heavy atom. The van der Waals surface area contributed by atoms with Crippen molar-refractivity contribution in [2.45, 2.75) is 10.1 Å². The number of halogens is 1. The lowest BCUT2D eigenvalue weighted by atomic mass is 10.2. The molecule has 2 aromatic rings. The number of benzene rings is 2. The van der Waals surface area contributed by atoms with Gasteiger partial charge < -0.3 is 0 Å². The van der Waals surface area contributed by atoms with Gasteiger partial charge in [-0.1, -0.05) is 48.5 Å². The lowest BCUT2D eigenvalue weighted by Crippen LogP contribution is -2.02. The molecular weight excluding hydrogens is 252 g/mol. The number of carbonyl (C=O) groups is 1. The summed E-state index contributed by atoms with van der Waals surface area (Å²) < 4.78 is 0. The van der Waals surface area contributed by atoms with Crippen molar-refractivity contribution in [1.29, 1.82) is 0 Å². The Balaban J connectivity index is 2.23. The van der Waals surface area contributed by atoms with E-state index in [1.807, 2.05) is 60.7 Å². The minimum atomic E-state index is -0.347. The molecule has 3 heteroatoms. The quantitative estimate of drug-likeness (QED) is 0.604. The molecule has 17 heavy (non-hydrogen) atoms. The monoisotopic (exact) mass is 262 g/mol. The zero-order chi connectivity index (χ0) is 12.1. The Morgan fingerprint density at radius 3 is 2.00 bits per heavy atom. The second kappa shape index (κ2) is 5.89. The topological polar surface area (TPSA) is 17.1 Å². The molecule has 0 aromatic heterocycles. The minimum absolute atomic E-state index is 0.343. The van der Waals surface area contributed by atoms with Gasteiger partial charge in [0, 0.05) is 4.90 Å². The van der Waals surface area contributed by atoms with Crippen LogP contribution in [0.25, 0.3) is 0 Å². The third-order valence-corrected chi connectivity index (χ3v) is 3.92. The van der Waals surface area contributed by atoms with E-state index in [0.29, 0.717) is 0 Å². The van der Waals surface area contributed by atoms with Gasteiger partial charge in [0.25, 0.3) is 0 Å². The zero-order valence-corrected chi connectivity index (χ0v) is 10.6. The molecule has 0 saturated heterocycles. The van der Waals surface area contributed by atoms with Crippen LogP contribution in [0.15, 0.2) is 65.6 Å². The fourth-order valence-corrected chi connectivity index (χ4v) is 2.74. The molecule has 2 aromatic carbocycles. The van der Waals surface area contributed by atoms with Crippen LogP contribution in [0.3, 0.4) is 0 Å². The van der Waals surface area contributed by atoms with Gasteiger partial charge in [0.05, 0.1) is 0 Å². The van der Waals surface area contributed by atoms with Crippen LogP contribution in [0.4, 0.5) is 0 Å². The zero-order valence-electron chi connectivity index (χ0n) is 9.05. The van der Waals surface area contributed by atoms with Crippen molar-refractivity contribution in [1.82, 2.24) is 0 Å². The largest absolute Gasteiger partial charge is 0.280 e. The average Bonchev–Trinajstić information content (AvgIpc) is 2.38. The van der Waals surface area contributed by atoms with Gasteiger partial charge in [0.15, 0.2) is 0 Å². The first-order chi connectivity index (χ1) is 8.27. The van der Waals surface area contributed by atoms with Gasteiger partial charge in [-0.3, -0.25) is 4.79 Å². The Hall–Kier alpha value is -1.25. The summed E-state index contributed by atoms with van der Waals surface area (Å²) in [4.78, 5) is 12.5. The third-order valence-electron chi connectivity index (χ3n) is 2.31. The van der Waals surface area contributed by atoms with Crippen molar-refractivity contribution in [3.63, 3.8) is 0 Å². The Kier molecular flexibility index (Phi) is 4.24. The van der Waals surface area contributed by atoms with Gasteiger partial charge in [-0.25, -0.2) is 0 Å². The summed E-state index contributed by atoms with van der Waals surface area (Å²) in [6.45, 7) is 0. The summed E-state index contributed by atoms with van der Waals surface area (Å²) in [7, 11) is 0. The van der Waals surface area contributed by atoms with Crippen LogP contribution in [0.5, 0.6) is 0 Å². The van der Waals surface area contributed by atoms with Gasteiger partial charge in [0.2, 0.25) is 5.24 Å². The number of hydrogen-bond acceptors (Lipinski definition) is 2. The molecule has 0 bridgehead atoms. The van der Waals surface area contributed by atoms with Crippen LogP contribution in [0.1, 0.15) is 10.8 Å². The molecule has 0 aliphatic carbocycles. The van der Waals surface area contributed by atoms with Crippen molar-refractivity contribution in [2.24, 2.45) is 0 Å². The maximum atomic E-state index is 11.5. The molecule has 0 unspecified atom stereocenters. The molecule has 0 spiro atoms. The van der Waals surface area contributed by atoms with E-state index in [0.717, 1.165) is 10.5 Å². The predicted octanol–water partition coefficient (Wildman–Crippen LogP) is 4.29. The van der Waals surface area contributed by atoms with E-state index in [4.69, 9.17) is 11.6 Å². The van der Waals surface area contributed by atoms with Crippen molar-refractivity contribution >= 4 is 28.6 Å². The standard InChI is InChI=1S/C14H11ClOS/c15-14(16)13(11-7-3-1-4-8-11)17-12-9-5-2-6-10-12/h1-10,13H/t13-/m1/s1. The molecule has 0 N–H and O–H groups in total. The van der Waals surface area contributed by atoms with Gasteiger partial charge in [-0.15, -0.1) is 11.8 Å². The van der Waals surface area contributed by atoms with E-state index >= 15 is 0 Å². The summed E-state index contributed by atoms with van der Waals surface area (Å²) in [5, 5.41) is -0.690. The summed E-state index contributed by atoms with van der Waals surface area (Å²) in [5.74, 6) is 0. The first-order valence-electron chi connectivity index (χ1n) is 5.23. The predicted molar refractivity (Wildman–Crippen MR) is 72.3 cm³/mol. The Labute approximate surface area is 110 Å². The van der Waals surface area contributed by atoms with Gasteiger partial charge in [-0.2, -0.15) is 0 Å². The molecule has 0 radical (unpaired) electrons. The molecule has 2 rings (SSSR count). The highest BCUT2D eigenvalue weighted by molar-refractivity contribution is 8.00. The number of carbonyl (C=O) groups excluding carboxylic acids is 1. The van der Waals surface area contributed by atoms with Crippen LogP contribution in [0, 0.1) is 0 Å². The second-order valence-electron chi connectivity index (χ2n) is 3.53. The number of thioether (sulfide) groups is 1. The molecule has 86 valence electrons. The summed E-state index contributed by atoms with van der Waals surface area (Å²) in [5.41, 5.74) is 0.932. The first kappa shape index (κ1) is 12.2. The Morgan fingerprint density at radius 2 is 1.47 bits per heavy atom. The first-order valence-corrected chi connectivity index (χ1v) is 6.49. The van der Waals surface area contributed by atoms with Gasteiger partial charge >= 0.3 is 0 Å². The number of rotatable bonds is 4. The SMILES string of the molecule is O=C(Cl)[C@H](Sc1ccccc1)c1ccccc1. The molecule has 0 fully saturated rings. The van der Waals surface area contributed by atoms with Crippen molar-refractivity contribution in [3.05, 3.63) is 66.2 Å². The molecule has 0 aliphatic rings. The van der Waals surface area contributed by atoms with E-state index in [1.54, 1.807) is 0 Å². The number of hydrogen-bond donors (Lipinski definition) is 0. The van der Waals surface area contributed by atoms with Crippen molar-refractivity contribution in [3.8, 4) is 0 Å². The van der Waals surface area contributed by atoms with Gasteiger partial charge in [0.1, 0.15) is 5.25 Å². The van der Waals surface area contributed by atoms with E-state index < -0.39 is 0 Å². The van der Waals surface area contributed by atoms with Crippen LogP contribution in [-0.4, -0.2) is 5.24 Å². The van der Waals surface area contributed by atoms with E-state index in [1.165, 1.54) is 11.8 Å². The molecule has 0 aliphatic heterocycles. The Bertz CT molecular complexity index is 484. The summed E-state index contributed by atoms with van der Waals surface area (Å²) in [6, 6.07) is 19.4. The average molecular weight is 263 g/mol. The van der Waals surface area contributed by atoms with Crippen LogP contribution < -0.4 is 0 Å². The molecule has 0 heterocycles. The van der Waals surface area contributed by atoms with Gasteiger partial charge in [-0.05, 0) is 29.3 Å². The van der Waals surface area contributed by atoms with Crippen LogP contribution >= 0.6 is 23.4 Å². The second-order valence-corrected chi connectivity index (χ2v) is 5.08. The molecule has 0 saturated carbocycles. The van der Waals surface area contributed by atoms with E-state index in [-0.39, 0.29) is 10.5 Å². The summed E-state index contributed by atoms with van der Waals surface area (Å²) in [6.07, 6.45) is 0. The van der Waals surface area contributed by atoms with E-state index in [9.17, 15) is 4.79 Å². The van der Waals surface area contributed by atoms with Crippen LogP contribution in [0.2, 0.25) is 0 Å². The highest BCUT2D eigenvalue weighted by Gasteiger charge is 2.19. The maximum absolute atomic E-state index is 11.5. The smallest absolute Gasteiger partial charge is 0.239 e. The molecule has 0 amide bonds. The van der Waals surface area contributed by atoms with Crippen molar-refractivity contribution < 1.29 is 4.79 Å². The lowest BCUT2D eigenvalue weighted by molar-refractivity contribution is -0.111. The lowest BCUT2D eigenvalue weighted by Gasteiger charge is -2.12. The van der Waals surface area contributed by atoms with Crippen molar-refractivity contribution in [2.75, 3.05) is 0 Å². The molecule has 1 atom stereocenters. The fourth-order valence-electron chi connectivity index (χ4n) is 1.51. The molecule has 1 nitrogen and oxygen atoms in total. The fraction of sp³-hybridized carbons (Fsp3) is 0.0714. The molecular formula is C14H11ClOS.